The Balaban J connectivity index is 2.45. The summed E-state index contributed by atoms with van der Waals surface area (Å²) in [6.45, 7) is 0.0771. The maximum Gasteiger partial charge on any atom is 0.326 e. The molecule has 1 atom stereocenters. The van der Waals surface area contributed by atoms with Crippen LogP contribution in [0.2, 0.25) is 0 Å². The number of hydrogen-bond acceptors (Lipinski definition) is 5. The van der Waals surface area contributed by atoms with Crippen molar-refractivity contribution in [3.63, 3.8) is 0 Å². The van der Waals surface area contributed by atoms with Gasteiger partial charge in [-0.05, 0) is 6.07 Å². The minimum atomic E-state index is -1.48. The van der Waals surface area contributed by atoms with E-state index < -0.39 is 30.4 Å². The molecule has 1 aromatic heterocycles. The van der Waals surface area contributed by atoms with Crippen molar-refractivity contribution in [2.45, 2.75) is 19.0 Å². The molecule has 0 radical (unpaired) electrons. The number of rotatable bonds is 6. The van der Waals surface area contributed by atoms with Crippen molar-refractivity contribution >= 4 is 18.0 Å². The van der Waals surface area contributed by atoms with Crippen LogP contribution in [0.15, 0.2) is 18.6 Å². The van der Waals surface area contributed by atoms with Gasteiger partial charge in [0, 0.05) is 6.20 Å². The maximum atomic E-state index is 11.4. The molecule has 0 saturated carbocycles. The zero-order valence-electron chi connectivity index (χ0n) is 9.74. The van der Waals surface area contributed by atoms with Crippen molar-refractivity contribution in [2.24, 2.45) is 0 Å². The highest BCUT2D eigenvalue weighted by atomic mass is 16.4. The third kappa shape index (κ3) is 5.44. The maximum absolute atomic E-state index is 11.4. The van der Waals surface area contributed by atoms with E-state index in [0.717, 1.165) is 0 Å². The standard InChI is InChI=1S/C10H12N4O5/c15-8(16)3-7(9(17)18)14-10(19)12-4-6-1-2-11-5-13-6/h1-2,5,7H,3-4H2,(H,15,16)(H,17,18)(H2,12,14,19). The largest absolute Gasteiger partial charge is 0.481 e. The van der Waals surface area contributed by atoms with Crippen LogP contribution < -0.4 is 10.6 Å². The highest BCUT2D eigenvalue weighted by Crippen LogP contribution is 1.94. The molecule has 19 heavy (non-hydrogen) atoms. The van der Waals surface area contributed by atoms with Crippen molar-refractivity contribution < 1.29 is 24.6 Å². The van der Waals surface area contributed by atoms with Crippen LogP contribution in [0.25, 0.3) is 0 Å². The Labute approximate surface area is 107 Å². The second kappa shape index (κ2) is 6.89. The Bertz CT molecular complexity index is 464. The highest BCUT2D eigenvalue weighted by Gasteiger charge is 2.22. The molecule has 102 valence electrons. The quantitative estimate of drug-likeness (QED) is 0.529. The lowest BCUT2D eigenvalue weighted by Crippen LogP contribution is -2.46. The summed E-state index contributed by atoms with van der Waals surface area (Å²) in [6, 6.07) is -0.693. The summed E-state index contributed by atoms with van der Waals surface area (Å²) in [5, 5.41) is 21.6. The lowest BCUT2D eigenvalue weighted by Gasteiger charge is -2.12. The van der Waals surface area contributed by atoms with Gasteiger partial charge in [-0.25, -0.2) is 19.6 Å². The molecule has 0 aliphatic heterocycles. The molecule has 0 spiro atoms. The minimum Gasteiger partial charge on any atom is -0.481 e. The topological polar surface area (TPSA) is 142 Å². The molecule has 1 rings (SSSR count). The van der Waals surface area contributed by atoms with Crippen LogP contribution >= 0.6 is 0 Å². The molecule has 0 bridgehead atoms. The molecule has 9 nitrogen and oxygen atoms in total. The van der Waals surface area contributed by atoms with Gasteiger partial charge in [-0.2, -0.15) is 0 Å². The van der Waals surface area contributed by atoms with Crippen LogP contribution in [0.1, 0.15) is 12.1 Å². The number of nitrogens with one attached hydrogen (secondary N) is 2. The van der Waals surface area contributed by atoms with Gasteiger partial charge in [-0.1, -0.05) is 0 Å². The molecule has 0 aliphatic carbocycles. The van der Waals surface area contributed by atoms with Crippen LogP contribution in [0.4, 0.5) is 4.79 Å². The molecule has 0 saturated heterocycles. The van der Waals surface area contributed by atoms with Gasteiger partial charge in [0.1, 0.15) is 12.4 Å². The second-order valence-electron chi connectivity index (χ2n) is 3.52. The number of nitrogens with zero attached hydrogens (tertiary/aromatic N) is 2. The normalized spacial score (nSPS) is 11.4. The van der Waals surface area contributed by atoms with Gasteiger partial charge in [0.2, 0.25) is 0 Å². The van der Waals surface area contributed by atoms with Gasteiger partial charge in [-0.15, -0.1) is 0 Å². The average molecular weight is 268 g/mol. The molecular weight excluding hydrogens is 256 g/mol. The van der Waals surface area contributed by atoms with Crippen LogP contribution in [-0.4, -0.2) is 44.2 Å². The summed E-state index contributed by atoms with van der Waals surface area (Å²) in [5.74, 6) is -2.73. The van der Waals surface area contributed by atoms with Gasteiger partial charge in [-0.3, -0.25) is 4.79 Å². The smallest absolute Gasteiger partial charge is 0.326 e. The number of carbonyl (C=O) groups excluding carboxylic acids is 1. The number of hydrogen-bond donors (Lipinski definition) is 4. The Morgan fingerprint density at radius 1 is 1.32 bits per heavy atom. The summed E-state index contributed by atoms with van der Waals surface area (Å²) >= 11 is 0. The number of aliphatic carboxylic acids is 2. The summed E-state index contributed by atoms with van der Waals surface area (Å²) in [5.41, 5.74) is 0.537. The second-order valence-corrected chi connectivity index (χ2v) is 3.52. The molecule has 2 amide bonds. The van der Waals surface area contributed by atoms with Crippen molar-refractivity contribution in [3.8, 4) is 0 Å². The van der Waals surface area contributed by atoms with Crippen molar-refractivity contribution in [2.75, 3.05) is 0 Å². The molecule has 0 aliphatic rings. The van der Waals surface area contributed by atoms with Gasteiger partial charge in [0.15, 0.2) is 0 Å². The fraction of sp³-hybridized carbons (Fsp3) is 0.300. The molecule has 1 unspecified atom stereocenters. The predicted octanol–water partition coefficient (Wildman–Crippen LogP) is -0.796. The van der Waals surface area contributed by atoms with E-state index in [1.807, 2.05) is 5.32 Å². The van der Waals surface area contributed by atoms with E-state index in [2.05, 4.69) is 15.3 Å². The van der Waals surface area contributed by atoms with Crippen molar-refractivity contribution in [3.05, 3.63) is 24.3 Å². The molecule has 9 heteroatoms. The van der Waals surface area contributed by atoms with Gasteiger partial charge in [0.05, 0.1) is 18.7 Å². The molecular formula is C10H12N4O5. The first-order valence-corrected chi connectivity index (χ1v) is 5.23. The SMILES string of the molecule is O=C(O)CC(NC(=O)NCc1ccncn1)C(=O)O. The number of carboxylic acid groups (broad SMARTS) is 2. The van der Waals surface area contributed by atoms with Crippen molar-refractivity contribution in [1.82, 2.24) is 20.6 Å². The molecule has 1 aromatic rings. The number of carbonyl (C=O) groups is 3. The Morgan fingerprint density at radius 2 is 2.05 bits per heavy atom. The first-order chi connectivity index (χ1) is 8.99. The first-order valence-electron chi connectivity index (χ1n) is 5.23. The van der Waals surface area contributed by atoms with E-state index in [9.17, 15) is 14.4 Å². The van der Waals surface area contributed by atoms with Crippen LogP contribution in [0, 0.1) is 0 Å². The molecule has 0 fully saturated rings. The fourth-order valence-corrected chi connectivity index (χ4v) is 1.18. The summed E-state index contributed by atoms with van der Waals surface area (Å²) in [6.07, 6.45) is 2.10. The molecule has 1 heterocycles. The summed E-state index contributed by atoms with van der Waals surface area (Å²) in [4.78, 5) is 40.1. The van der Waals surface area contributed by atoms with Crippen LogP contribution in [0.3, 0.4) is 0 Å². The van der Waals surface area contributed by atoms with E-state index >= 15 is 0 Å². The Hall–Kier alpha value is -2.71. The van der Waals surface area contributed by atoms with E-state index in [0.29, 0.717) is 5.69 Å². The number of amides is 2. The van der Waals surface area contributed by atoms with Gasteiger partial charge >= 0.3 is 18.0 Å². The van der Waals surface area contributed by atoms with Crippen LogP contribution in [0.5, 0.6) is 0 Å². The Morgan fingerprint density at radius 3 is 2.58 bits per heavy atom. The number of carboxylic acids is 2. The number of urea groups is 1. The fourth-order valence-electron chi connectivity index (χ4n) is 1.18. The van der Waals surface area contributed by atoms with Crippen molar-refractivity contribution in [1.29, 1.82) is 0 Å². The monoisotopic (exact) mass is 268 g/mol. The van der Waals surface area contributed by atoms with Gasteiger partial charge in [0.25, 0.3) is 0 Å². The zero-order valence-corrected chi connectivity index (χ0v) is 9.74. The molecule has 0 aromatic carbocycles. The first kappa shape index (κ1) is 14.4. The minimum absolute atomic E-state index is 0.0771. The summed E-state index contributed by atoms with van der Waals surface area (Å²) < 4.78 is 0. The third-order valence-corrected chi connectivity index (χ3v) is 2.06. The average Bonchev–Trinajstić information content (AvgIpc) is 2.36. The van der Waals surface area contributed by atoms with E-state index in [-0.39, 0.29) is 6.54 Å². The lowest BCUT2D eigenvalue weighted by atomic mass is 10.2. The third-order valence-electron chi connectivity index (χ3n) is 2.06. The predicted molar refractivity (Wildman–Crippen MR) is 61.1 cm³/mol. The van der Waals surface area contributed by atoms with Crippen LogP contribution in [-0.2, 0) is 16.1 Å². The van der Waals surface area contributed by atoms with E-state index in [4.69, 9.17) is 10.2 Å². The highest BCUT2D eigenvalue weighted by molar-refractivity contribution is 5.86. The Kier molecular flexibility index (Phi) is 5.20. The van der Waals surface area contributed by atoms with E-state index in [1.165, 1.54) is 12.5 Å². The molecule has 4 N–H and O–H groups in total. The van der Waals surface area contributed by atoms with Gasteiger partial charge < -0.3 is 20.8 Å². The zero-order chi connectivity index (χ0) is 14.3. The summed E-state index contributed by atoms with van der Waals surface area (Å²) in [7, 11) is 0. The number of aromatic nitrogens is 2. The lowest BCUT2D eigenvalue weighted by molar-refractivity contribution is -0.145. The van der Waals surface area contributed by atoms with E-state index in [1.54, 1.807) is 6.07 Å².